The molecule has 2 aliphatic heterocycles. The molecule has 0 bridgehead atoms. The Morgan fingerprint density at radius 3 is 2.81 bits per heavy atom. The number of hydrogen-bond acceptors (Lipinski definition) is 9. The van der Waals surface area contributed by atoms with Gasteiger partial charge in [-0.3, -0.25) is 9.58 Å². The first-order valence-electron chi connectivity index (χ1n) is 13.4. The van der Waals surface area contributed by atoms with Gasteiger partial charge in [0.1, 0.15) is 22.5 Å². The highest BCUT2D eigenvalue weighted by atomic mass is 16.5. The van der Waals surface area contributed by atoms with Gasteiger partial charge in [-0.2, -0.15) is 10.1 Å². The summed E-state index contributed by atoms with van der Waals surface area (Å²) in [7, 11) is 0. The summed E-state index contributed by atoms with van der Waals surface area (Å²) in [5, 5.41) is 12.1. The molecule has 194 valence electrons. The number of nitrogens with zero attached hydrogens (tertiary/aromatic N) is 7. The van der Waals surface area contributed by atoms with Gasteiger partial charge in [-0.15, -0.1) is 0 Å². The number of hydrogen-bond donors (Lipinski definition) is 2. The molecule has 5 rings (SSSR count). The van der Waals surface area contributed by atoms with Gasteiger partial charge in [0.05, 0.1) is 13.2 Å². The highest BCUT2D eigenvalue weighted by molar-refractivity contribution is 5.90. The second-order valence-corrected chi connectivity index (χ2v) is 9.92. The standard InChI is InChI=1S/C26H39N9O/c1-4-36-15-14-35-24-23(21(32-35)18-33-11-6-5-7-12-33)30-26(34-13-10-27-20(3)17-34)31-25(24)29-22-16-19(2)8-9-28-22/h8-9,16,20,27H,4-7,10-15,17-18H2,1-3H3,(H,28,29,30,31)/t20-/m0/s1. The number of piperazine rings is 1. The summed E-state index contributed by atoms with van der Waals surface area (Å²) in [6.07, 6.45) is 5.62. The van der Waals surface area contributed by atoms with Gasteiger partial charge in [0.25, 0.3) is 0 Å². The molecular weight excluding hydrogens is 454 g/mol. The Bertz CT molecular complexity index is 1160. The summed E-state index contributed by atoms with van der Waals surface area (Å²) >= 11 is 0. The van der Waals surface area contributed by atoms with Gasteiger partial charge in [0.15, 0.2) is 5.82 Å². The van der Waals surface area contributed by atoms with Crippen LogP contribution in [0, 0.1) is 6.92 Å². The molecule has 3 aromatic rings. The van der Waals surface area contributed by atoms with E-state index in [9.17, 15) is 0 Å². The Kier molecular flexibility index (Phi) is 7.93. The molecule has 36 heavy (non-hydrogen) atoms. The summed E-state index contributed by atoms with van der Waals surface area (Å²) in [5.74, 6) is 2.26. The molecule has 0 aliphatic carbocycles. The number of anilines is 3. The van der Waals surface area contributed by atoms with Crippen LogP contribution in [0.25, 0.3) is 11.0 Å². The van der Waals surface area contributed by atoms with E-state index >= 15 is 0 Å². The molecule has 2 fully saturated rings. The minimum absolute atomic E-state index is 0.384. The van der Waals surface area contributed by atoms with Gasteiger partial charge < -0.3 is 20.3 Å². The summed E-state index contributed by atoms with van der Waals surface area (Å²) in [5.41, 5.74) is 3.99. The Morgan fingerprint density at radius 1 is 1.17 bits per heavy atom. The number of nitrogens with one attached hydrogen (secondary N) is 2. The summed E-state index contributed by atoms with van der Waals surface area (Å²) in [4.78, 5) is 19.5. The molecule has 10 nitrogen and oxygen atoms in total. The van der Waals surface area contributed by atoms with Crippen LogP contribution in [0.3, 0.4) is 0 Å². The number of rotatable bonds is 9. The zero-order valence-electron chi connectivity index (χ0n) is 21.8. The van der Waals surface area contributed by atoms with E-state index in [2.05, 4.69) is 39.3 Å². The fraction of sp³-hybridized carbons (Fsp3) is 0.615. The monoisotopic (exact) mass is 493 g/mol. The number of aryl methyl sites for hydroxylation is 1. The van der Waals surface area contributed by atoms with Gasteiger partial charge in [-0.05, 0) is 64.4 Å². The number of pyridine rings is 1. The third-order valence-electron chi connectivity index (χ3n) is 6.93. The second-order valence-electron chi connectivity index (χ2n) is 9.92. The lowest BCUT2D eigenvalue weighted by molar-refractivity contribution is 0.137. The predicted molar refractivity (Wildman–Crippen MR) is 143 cm³/mol. The van der Waals surface area contributed by atoms with E-state index in [0.717, 1.165) is 79.1 Å². The van der Waals surface area contributed by atoms with E-state index in [0.29, 0.717) is 25.8 Å². The Labute approximate surface area is 213 Å². The highest BCUT2D eigenvalue weighted by Crippen LogP contribution is 2.30. The van der Waals surface area contributed by atoms with Crippen molar-refractivity contribution < 1.29 is 4.74 Å². The highest BCUT2D eigenvalue weighted by Gasteiger charge is 2.25. The number of ether oxygens (including phenoxy) is 1. The maximum atomic E-state index is 5.69. The third-order valence-corrected chi connectivity index (χ3v) is 6.93. The SMILES string of the molecule is CCOCCn1nc(CN2CCCCC2)c2nc(N3CCN[C@@H](C)C3)nc(Nc3cc(C)ccn3)c21. The molecule has 10 heteroatoms. The zero-order chi connectivity index (χ0) is 24.9. The van der Waals surface area contributed by atoms with E-state index < -0.39 is 0 Å². The van der Waals surface area contributed by atoms with Crippen molar-refractivity contribution in [3.05, 3.63) is 29.6 Å². The van der Waals surface area contributed by atoms with Crippen LogP contribution in [0.1, 0.15) is 44.4 Å². The Morgan fingerprint density at radius 2 is 2.03 bits per heavy atom. The lowest BCUT2D eigenvalue weighted by atomic mass is 10.1. The van der Waals surface area contributed by atoms with Crippen LogP contribution in [0.5, 0.6) is 0 Å². The number of aromatic nitrogens is 5. The maximum Gasteiger partial charge on any atom is 0.228 e. The van der Waals surface area contributed by atoms with E-state index in [1.54, 1.807) is 0 Å². The van der Waals surface area contributed by atoms with Crippen molar-refractivity contribution in [2.75, 3.05) is 56.2 Å². The molecule has 3 aromatic heterocycles. The molecule has 2 N–H and O–H groups in total. The minimum Gasteiger partial charge on any atom is -0.380 e. The first kappa shape index (κ1) is 24.9. The van der Waals surface area contributed by atoms with Crippen molar-refractivity contribution in [2.24, 2.45) is 0 Å². The van der Waals surface area contributed by atoms with Gasteiger partial charge in [0.2, 0.25) is 5.95 Å². The van der Waals surface area contributed by atoms with Gasteiger partial charge in [-0.25, -0.2) is 9.97 Å². The van der Waals surface area contributed by atoms with Crippen molar-refractivity contribution >= 4 is 28.6 Å². The Balaban J connectivity index is 1.60. The molecular formula is C26H39N9O. The first-order valence-corrected chi connectivity index (χ1v) is 13.4. The average molecular weight is 494 g/mol. The molecule has 0 aromatic carbocycles. The molecule has 0 radical (unpaired) electrons. The lowest BCUT2D eigenvalue weighted by Gasteiger charge is -2.32. The molecule has 5 heterocycles. The van der Waals surface area contributed by atoms with E-state index in [1.807, 2.05) is 29.9 Å². The van der Waals surface area contributed by atoms with Crippen LogP contribution >= 0.6 is 0 Å². The number of fused-ring (bicyclic) bond motifs is 1. The number of piperidine rings is 1. The molecule has 0 saturated carbocycles. The van der Waals surface area contributed by atoms with Crippen molar-refractivity contribution in [1.29, 1.82) is 0 Å². The van der Waals surface area contributed by atoms with Crippen LogP contribution in [0.15, 0.2) is 18.3 Å². The fourth-order valence-corrected chi connectivity index (χ4v) is 5.09. The molecule has 0 amide bonds. The maximum absolute atomic E-state index is 5.69. The van der Waals surface area contributed by atoms with Crippen molar-refractivity contribution in [3.8, 4) is 0 Å². The summed E-state index contributed by atoms with van der Waals surface area (Å²) in [6, 6.07) is 4.42. The Hall–Kier alpha value is -2.82. The normalized spacial score (nSPS) is 19.2. The molecule has 2 saturated heterocycles. The largest absolute Gasteiger partial charge is 0.380 e. The van der Waals surface area contributed by atoms with Crippen molar-refractivity contribution in [2.45, 2.75) is 59.2 Å². The molecule has 2 aliphatic rings. The van der Waals surface area contributed by atoms with Gasteiger partial charge in [-0.1, -0.05) is 6.42 Å². The van der Waals surface area contributed by atoms with Crippen LogP contribution in [0.2, 0.25) is 0 Å². The molecule has 0 spiro atoms. The molecule has 0 unspecified atom stereocenters. The summed E-state index contributed by atoms with van der Waals surface area (Å²) < 4.78 is 7.71. The zero-order valence-corrected chi connectivity index (χ0v) is 21.8. The lowest BCUT2D eigenvalue weighted by Crippen LogP contribution is -2.49. The second kappa shape index (κ2) is 11.5. The summed E-state index contributed by atoms with van der Waals surface area (Å²) in [6.45, 7) is 13.9. The molecule has 1 atom stereocenters. The smallest absolute Gasteiger partial charge is 0.228 e. The van der Waals surface area contributed by atoms with Crippen LogP contribution < -0.4 is 15.5 Å². The van der Waals surface area contributed by atoms with E-state index in [4.69, 9.17) is 19.8 Å². The van der Waals surface area contributed by atoms with E-state index in [1.165, 1.54) is 19.3 Å². The van der Waals surface area contributed by atoms with Crippen molar-refractivity contribution in [1.82, 2.24) is 34.9 Å². The van der Waals surface area contributed by atoms with Gasteiger partial charge in [0, 0.05) is 45.0 Å². The van der Waals surface area contributed by atoms with Crippen molar-refractivity contribution in [3.63, 3.8) is 0 Å². The van der Waals surface area contributed by atoms with Gasteiger partial charge >= 0.3 is 0 Å². The third kappa shape index (κ3) is 5.77. The van der Waals surface area contributed by atoms with E-state index in [-0.39, 0.29) is 0 Å². The number of likely N-dealkylation sites (tertiary alicyclic amines) is 1. The van der Waals surface area contributed by atoms with Crippen LogP contribution in [-0.4, -0.2) is 81.6 Å². The average Bonchev–Trinajstić information content (AvgIpc) is 3.22. The van der Waals surface area contributed by atoms with Crippen LogP contribution in [-0.2, 0) is 17.8 Å². The van der Waals surface area contributed by atoms with Crippen LogP contribution in [0.4, 0.5) is 17.6 Å². The topological polar surface area (TPSA) is 96.3 Å². The predicted octanol–water partition coefficient (Wildman–Crippen LogP) is 3.09. The minimum atomic E-state index is 0.384. The quantitative estimate of drug-likeness (QED) is 0.436. The first-order chi connectivity index (χ1) is 17.6. The fourth-order valence-electron chi connectivity index (χ4n) is 5.09.